The summed E-state index contributed by atoms with van der Waals surface area (Å²) in [5.74, 6) is 0.609. The summed E-state index contributed by atoms with van der Waals surface area (Å²) in [5, 5.41) is 3.21. The van der Waals surface area contributed by atoms with Gasteiger partial charge in [0.25, 0.3) is 0 Å². The van der Waals surface area contributed by atoms with Crippen molar-refractivity contribution in [3.63, 3.8) is 0 Å². The number of hydrogen-bond donors (Lipinski definition) is 2. The number of nitrogens with one attached hydrogen (secondary N) is 1. The van der Waals surface area contributed by atoms with Crippen molar-refractivity contribution in [3.05, 3.63) is 0 Å². The molecule has 56 valence electrons. The Labute approximate surface area is 60.0 Å². The molecule has 0 aromatic carbocycles. The molecule has 2 heterocycles. The first kappa shape index (κ1) is 6.16. The van der Waals surface area contributed by atoms with Gasteiger partial charge in [0.1, 0.15) is 0 Å². The third kappa shape index (κ3) is 0.611. The van der Waals surface area contributed by atoms with E-state index < -0.39 is 0 Å². The highest BCUT2D eigenvalue weighted by Crippen LogP contribution is 2.47. The fraction of sp³-hybridized carbons (Fsp3) is 0.857. The minimum absolute atomic E-state index is 0.115. The van der Waals surface area contributed by atoms with Crippen molar-refractivity contribution in [2.45, 2.75) is 12.8 Å². The lowest BCUT2D eigenvalue weighted by atomic mass is 9.59. The van der Waals surface area contributed by atoms with Crippen LogP contribution in [0, 0.1) is 11.3 Å². The Kier molecular flexibility index (Phi) is 1.06. The third-order valence-corrected chi connectivity index (χ3v) is 2.78. The Morgan fingerprint density at radius 3 is 2.60 bits per heavy atom. The van der Waals surface area contributed by atoms with E-state index in [9.17, 15) is 4.79 Å². The van der Waals surface area contributed by atoms with Crippen molar-refractivity contribution in [2.24, 2.45) is 17.1 Å². The number of amides is 1. The normalized spacial score (nSPS) is 44.2. The van der Waals surface area contributed by atoms with Gasteiger partial charge in [-0.1, -0.05) is 0 Å². The predicted octanol–water partition coefficient (Wildman–Crippen LogP) is -0.529. The average molecular weight is 140 g/mol. The second kappa shape index (κ2) is 1.72. The first-order valence-electron chi connectivity index (χ1n) is 3.74. The lowest BCUT2D eigenvalue weighted by Gasteiger charge is -2.50. The molecule has 2 aliphatic heterocycles. The maximum atomic E-state index is 10.9. The van der Waals surface area contributed by atoms with E-state index in [1.54, 1.807) is 0 Å². The van der Waals surface area contributed by atoms with E-state index in [2.05, 4.69) is 5.32 Å². The van der Waals surface area contributed by atoms with Crippen LogP contribution in [0.4, 0.5) is 0 Å². The van der Waals surface area contributed by atoms with Crippen LogP contribution in [-0.4, -0.2) is 19.0 Å². The van der Waals surface area contributed by atoms with Gasteiger partial charge in [-0.2, -0.15) is 0 Å². The van der Waals surface area contributed by atoms with Crippen LogP contribution in [0.15, 0.2) is 0 Å². The van der Waals surface area contributed by atoms with Crippen molar-refractivity contribution < 1.29 is 4.79 Å². The summed E-state index contributed by atoms with van der Waals surface area (Å²) in [6.07, 6.45) is 2.05. The molecule has 3 fully saturated rings. The van der Waals surface area contributed by atoms with Gasteiger partial charge >= 0.3 is 0 Å². The largest absolute Gasteiger partial charge is 0.369 e. The SMILES string of the molecule is NC(=O)C12CNCC(C1)C2. The summed E-state index contributed by atoms with van der Waals surface area (Å²) in [4.78, 5) is 10.9. The third-order valence-electron chi connectivity index (χ3n) is 2.78. The first-order chi connectivity index (χ1) is 4.73. The second-order valence-corrected chi connectivity index (χ2v) is 3.55. The average Bonchev–Trinajstić information content (AvgIpc) is 1.87. The van der Waals surface area contributed by atoms with Gasteiger partial charge in [0, 0.05) is 6.54 Å². The lowest BCUT2D eigenvalue weighted by Crippen LogP contribution is -2.60. The van der Waals surface area contributed by atoms with Gasteiger partial charge in [0.15, 0.2) is 0 Å². The molecular formula is C7H12N2O. The van der Waals surface area contributed by atoms with Crippen molar-refractivity contribution in [1.82, 2.24) is 5.32 Å². The van der Waals surface area contributed by atoms with Gasteiger partial charge in [0.05, 0.1) is 5.41 Å². The monoisotopic (exact) mass is 140 g/mol. The number of carbonyl (C=O) groups excluding carboxylic acids is 1. The first-order valence-corrected chi connectivity index (χ1v) is 3.74. The quantitative estimate of drug-likeness (QED) is 0.514. The highest BCUT2D eigenvalue weighted by molar-refractivity contribution is 5.82. The molecule has 0 unspecified atom stereocenters. The van der Waals surface area contributed by atoms with E-state index in [0.717, 1.165) is 31.8 Å². The highest BCUT2D eigenvalue weighted by atomic mass is 16.1. The van der Waals surface area contributed by atoms with Gasteiger partial charge in [-0.15, -0.1) is 0 Å². The molecule has 2 bridgehead atoms. The van der Waals surface area contributed by atoms with Gasteiger partial charge in [-0.05, 0) is 25.3 Å². The molecule has 2 saturated heterocycles. The van der Waals surface area contributed by atoms with Gasteiger partial charge in [-0.25, -0.2) is 0 Å². The molecule has 0 atom stereocenters. The van der Waals surface area contributed by atoms with Crippen molar-refractivity contribution in [1.29, 1.82) is 0 Å². The van der Waals surface area contributed by atoms with Crippen molar-refractivity contribution >= 4 is 5.91 Å². The second-order valence-electron chi connectivity index (χ2n) is 3.55. The molecular weight excluding hydrogens is 128 g/mol. The standard InChI is InChI=1S/C7H12N2O/c8-6(10)7-1-5(2-7)3-9-4-7/h5,9H,1-4H2,(H2,8,10). The fourth-order valence-electron chi connectivity index (χ4n) is 2.14. The molecule has 3 N–H and O–H groups in total. The molecule has 1 aliphatic carbocycles. The van der Waals surface area contributed by atoms with Crippen LogP contribution in [0.2, 0.25) is 0 Å². The van der Waals surface area contributed by atoms with Crippen LogP contribution in [0.3, 0.4) is 0 Å². The van der Waals surface area contributed by atoms with Gasteiger partial charge < -0.3 is 11.1 Å². The topological polar surface area (TPSA) is 55.1 Å². The summed E-state index contributed by atoms with van der Waals surface area (Å²) >= 11 is 0. The summed E-state index contributed by atoms with van der Waals surface area (Å²) in [5.41, 5.74) is 5.11. The van der Waals surface area contributed by atoms with E-state index in [-0.39, 0.29) is 11.3 Å². The number of primary amides is 1. The molecule has 3 heteroatoms. The van der Waals surface area contributed by atoms with Crippen LogP contribution >= 0.6 is 0 Å². The van der Waals surface area contributed by atoms with Crippen LogP contribution in [0.1, 0.15) is 12.8 Å². The summed E-state index contributed by atoms with van der Waals surface area (Å²) in [6, 6.07) is 0. The molecule has 3 nitrogen and oxygen atoms in total. The molecule has 3 aliphatic rings. The van der Waals surface area contributed by atoms with Gasteiger partial charge in [0.2, 0.25) is 5.91 Å². The van der Waals surface area contributed by atoms with E-state index in [0.29, 0.717) is 0 Å². The summed E-state index contributed by atoms with van der Waals surface area (Å²) in [7, 11) is 0. The Bertz CT molecular complexity index is 167. The Hall–Kier alpha value is -0.570. The molecule has 0 radical (unpaired) electrons. The number of piperidine rings is 2. The smallest absolute Gasteiger partial charge is 0.224 e. The highest BCUT2D eigenvalue weighted by Gasteiger charge is 2.51. The summed E-state index contributed by atoms with van der Waals surface area (Å²) < 4.78 is 0. The van der Waals surface area contributed by atoms with Crippen molar-refractivity contribution in [2.75, 3.05) is 13.1 Å². The Balaban J connectivity index is 2.12. The van der Waals surface area contributed by atoms with E-state index in [1.807, 2.05) is 0 Å². The Morgan fingerprint density at radius 2 is 2.30 bits per heavy atom. The van der Waals surface area contributed by atoms with E-state index in [1.165, 1.54) is 0 Å². The fourth-order valence-corrected chi connectivity index (χ4v) is 2.14. The minimum Gasteiger partial charge on any atom is -0.369 e. The van der Waals surface area contributed by atoms with E-state index in [4.69, 9.17) is 5.73 Å². The molecule has 0 spiro atoms. The number of carbonyl (C=O) groups is 1. The lowest BCUT2D eigenvalue weighted by molar-refractivity contribution is -0.138. The molecule has 1 amide bonds. The maximum absolute atomic E-state index is 10.9. The number of nitrogens with two attached hydrogens (primary N) is 1. The van der Waals surface area contributed by atoms with E-state index >= 15 is 0 Å². The van der Waals surface area contributed by atoms with Crippen LogP contribution in [0.5, 0.6) is 0 Å². The van der Waals surface area contributed by atoms with Gasteiger partial charge in [-0.3, -0.25) is 4.79 Å². The van der Waals surface area contributed by atoms with Crippen LogP contribution in [-0.2, 0) is 4.79 Å². The summed E-state index contributed by atoms with van der Waals surface area (Å²) in [6.45, 7) is 1.88. The number of fused-ring (bicyclic) bond motifs is 2. The predicted molar refractivity (Wildman–Crippen MR) is 37.2 cm³/mol. The minimum atomic E-state index is -0.150. The number of rotatable bonds is 1. The molecule has 1 saturated carbocycles. The maximum Gasteiger partial charge on any atom is 0.224 e. The number of hydrogen-bond acceptors (Lipinski definition) is 2. The van der Waals surface area contributed by atoms with Crippen LogP contribution < -0.4 is 11.1 Å². The molecule has 3 rings (SSSR count). The molecule has 0 aromatic rings. The van der Waals surface area contributed by atoms with Crippen molar-refractivity contribution in [3.8, 4) is 0 Å². The van der Waals surface area contributed by atoms with Crippen LogP contribution in [0.25, 0.3) is 0 Å². The zero-order chi connectivity index (χ0) is 7.19. The zero-order valence-corrected chi connectivity index (χ0v) is 5.89. The molecule has 10 heavy (non-hydrogen) atoms. The molecule has 0 aromatic heterocycles. The zero-order valence-electron chi connectivity index (χ0n) is 5.89. The Morgan fingerprint density at radius 1 is 1.60 bits per heavy atom.